The molecule has 0 spiro atoms. The predicted molar refractivity (Wildman–Crippen MR) is 86.8 cm³/mol. The lowest BCUT2D eigenvalue weighted by Crippen LogP contribution is -2.45. The van der Waals surface area contributed by atoms with Crippen molar-refractivity contribution in [1.29, 1.82) is 0 Å². The summed E-state index contributed by atoms with van der Waals surface area (Å²) in [6.45, 7) is 8.12. The van der Waals surface area contributed by atoms with Gasteiger partial charge in [0.1, 0.15) is 0 Å². The first-order valence-corrected chi connectivity index (χ1v) is 9.56. The fourth-order valence-corrected chi connectivity index (χ4v) is 4.57. The van der Waals surface area contributed by atoms with Gasteiger partial charge in [-0.2, -0.15) is 12.7 Å². The first kappa shape index (κ1) is 16.7. The second-order valence-electron chi connectivity index (χ2n) is 5.81. The third-order valence-electron chi connectivity index (χ3n) is 3.47. The van der Waals surface area contributed by atoms with Crippen LogP contribution < -0.4 is 10.0 Å². The smallest absolute Gasteiger partial charge is 0.303 e. The fraction of sp³-hybridized carbons (Fsp3) is 0.769. The van der Waals surface area contributed by atoms with Crippen molar-refractivity contribution in [2.24, 2.45) is 5.92 Å². The molecule has 0 aliphatic carbocycles. The minimum atomic E-state index is -3.49. The molecule has 1 unspecified atom stereocenters. The second kappa shape index (κ2) is 7.04. The molecule has 1 atom stereocenters. The van der Waals surface area contributed by atoms with Gasteiger partial charge in [-0.05, 0) is 32.2 Å². The largest absolute Gasteiger partial charge is 0.314 e. The molecule has 6 nitrogen and oxygen atoms in total. The minimum Gasteiger partial charge on any atom is -0.314 e. The number of hydrogen-bond acceptors (Lipinski definition) is 5. The van der Waals surface area contributed by atoms with Crippen molar-refractivity contribution in [2.45, 2.75) is 39.7 Å². The van der Waals surface area contributed by atoms with Gasteiger partial charge in [0.25, 0.3) is 0 Å². The molecule has 1 saturated heterocycles. The number of nitrogens with one attached hydrogen (secondary N) is 2. The molecule has 1 aliphatic heterocycles. The van der Waals surface area contributed by atoms with Crippen LogP contribution in [0, 0.1) is 12.8 Å². The zero-order valence-corrected chi connectivity index (χ0v) is 14.4. The molecule has 2 heterocycles. The Morgan fingerprint density at radius 2 is 2.29 bits per heavy atom. The van der Waals surface area contributed by atoms with Gasteiger partial charge >= 0.3 is 10.2 Å². The number of rotatable bonds is 6. The van der Waals surface area contributed by atoms with Gasteiger partial charge in [-0.25, -0.2) is 9.71 Å². The Morgan fingerprint density at radius 3 is 2.90 bits per heavy atom. The molecule has 1 aromatic heterocycles. The van der Waals surface area contributed by atoms with Gasteiger partial charge in [0, 0.05) is 30.2 Å². The van der Waals surface area contributed by atoms with E-state index in [-0.39, 0.29) is 0 Å². The summed E-state index contributed by atoms with van der Waals surface area (Å²) in [6, 6.07) is 0.424. The molecule has 0 bridgehead atoms. The fourth-order valence-electron chi connectivity index (χ4n) is 2.39. The van der Waals surface area contributed by atoms with Crippen molar-refractivity contribution >= 4 is 26.7 Å². The highest BCUT2D eigenvalue weighted by molar-refractivity contribution is 7.90. The molecule has 1 aromatic rings. The average molecular weight is 332 g/mol. The van der Waals surface area contributed by atoms with Crippen molar-refractivity contribution in [3.8, 4) is 0 Å². The number of thiazole rings is 1. The van der Waals surface area contributed by atoms with Crippen LogP contribution in [0.4, 0.5) is 5.13 Å². The van der Waals surface area contributed by atoms with Crippen LogP contribution in [0.3, 0.4) is 0 Å². The summed E-state index contributed by atoms with van der Waals surface area (Å²) in [6.07, 6.45) is 3.65. The molecule has 2 N–H and O–H groups in total. The van der Waals surface area contributed by atoms with Crippen molar-refractivity contribution in [3.05, 3.63) is 11.1 Å². The van der Waals surface area contributed by atoms with Crippen LogP contribution in [0.15, 0.2) is 6.20 Å². The maximum Gasteiger partial charge on any atom is 0.303 e. The maximum absolute atomic E-state index is 12.4. The molecular formula is C13H24N4O2S2. The van der Waals surface area contributed by atoms with Gasteiger partial charge in [0.15, 0.2) is 5.13 Å². The van der Waals surface area contributed by atoms with Crippen LogP contribution >= 0.6 is 11.3 Å². The summed E-state index contributed by atoms with van der Waals surface area (Å²) >= 11 is 1.35. The Morgan fingerprint density at radius 1 is 1.52 bits per heavy atom. The number of aromatic nitrogens is 1. The molecule has 0 amide bonds. The van der Waals surface area contributed by atoms with Crippen LogP contribution in [-0.4, -0.2) is 43.4 Å². The molecular weight excluding hydrogens is 308 g/mol. The number of nitrogens with zero attached hydrogens (tertiary/aromatic N) is 2. The summed E-state index contributed by atoms with van der Waals surface area (Å²) < 4.78 is 28.9. The van der Waals surface area contributed by atoms with Crippen molar-refractivity contribution in [2.75, 3.05) is 24.4 Å². The Hall–Kier alpha value is -0.700. The van der Waals surface area contributed by atoms with E-state index in [9.17, 15) is 8.42 Å². The molecule has 2 rings (SSSR count). The van der Waals surface area contributed by atoms with E-state index >= 15 is 0 Å². The SMILES string of the molecule is Cc1cnc(NS(=O)(=O)N2CCCC(CNC(C)C)C2)s1. The average Bonchev–Trinajstić information content (AvgIpc) is 2.81. The highest BCUT2D eigenvalue weighted by Gasteiger charge is 2.29. The number of aryl methyl sites for hydroxylation is 1. The molecule has 21 heavy (non-hydrogen) atoms. The quantitative estimate of drug-likeness (QED) is 0.833. The van der Waals surface area contributed by atoms with E-state index in [4.69, 9.17) is 0 Å². The van der Waals surface area contributed by atoms with Gasteiger partial charge in [-0.3, -0.25) is 0 Å². The summed E-state index contributed by atoms with van der Waals surface area (Å²) in [5.41, 5.74) is 0. The van der Waals surface area contributed by atoms with E-state index in [2.05, 4.69) is 28.9 Å². The topological polar surface area (TPSA) is 74.3 Å². The van der Waals surface area contributed by atoms with Gasteiger partial charge in [0.05, 0.1) is 0 Å². The van der Waals surface area contributed by atoms with Crippen LogP contribution in [0.25, 0.3) is 0 Å². The molecule has 0 saturated carbocycles. The summed E-state index contributed by atoms with van der Waals surface area (Å²) in [4.78, 5) is 5.05. The zero-order chi connectivity index (χ0) is 15.5. The minimum absolute atomic E-state index is 0.371. The Balaban J connectivity index is 1.95. The normalized spacial score (nSPS) is 20.9. The van der Waals surface area contributed by atoms with Crippen LogP contribution in [0.1, 0.15) is 31.6 Å². The molecule has 1 fully saturated rings. The third-order valence-corrected chi connectivity index (χ3v) is 5.89. The predicted octanol–water partition coefficient (Wildman–Crippen LogP) is 1.82. The lowest BCUT2D eigenvalue weighted by atomic mass is 9.99. The summed E-state index contributed by atoms with van der Waals surface area (Å²) in [7, 11) is -3.49. The number of anilines is 1. The first-order valence-electron chi connectivity index (χ1n) is 7.30. The molecule has 8 heteroatoms. The van der Waals surface area contributed by atoms with E-state index in [0.717, 1.165) is 24.3 Å². The molecule has 0 aromatic carbocycles. The van der Waals surface area contributed by atoms with Crippen LogP contribution in [0.5, 0.6) is 0 Å². The van der Waals surface area contributed by atoms with Gasteiger partial charge < -0.3 is 5.32 Å². The lowest BCUT2D eigenvalue weighted by Gasteiger charge is -2.32. The van der Waals surface area contributed by atoms with E-state index in [1.807, 2.05) is 6.92 Å². The number of piperidine rings is 1. The summed E-state index contributed by atoms with van der Waals surface area (Å²) in [5.74, 6) is 0.371. The van der Waals surface area contributed by atoms with Crippen molar-refractivity contribution < 1.29 is 8.42 Å². The Labute approximate surface area is 131 Å². The monoisotopic (exact) mass is 332 g/mol. The van der Waals surface area contributed by atoms with E-state index in [0.29, 0.717) is 30.2 Å². The van der Waals surface area contributed by atoms with E-state index < -0.39 is 10.2 Å². The maximum atomic E-state index is 12.4. The van der Waals surface area contributed by atoms with Gasteiger partial charge in [0.2, 0.25) is 0 Å². The molecule has 1 aliphatic rings. The van der Waals surface area contributed by atoms with Crippen molar-refractivity contribution in [1.82, 2.24) is 14.6 Å². The van der Waals surface area contributed by atoms with E-state index in [1.165, 1.54) is 11.3 Å². The lowest BCUT2D eigenvalue weighted by molar-refractivity contribution is 0.257. The highest BCUT2D eigenvalue weighted by Crippen LogP contribution is 2.22. The highest BCUT2D eigenvalue weighted by atomic mass is 32.2. The van der Waals surface area contributed by atoms with Crippen molar-refractivity contribution in [3.63, 3.8) is 0 Å². The first-order chi connectivity index (χ1) is 9.87. The molecule has 120 valence electrons. The zero-order valence-electron chi connectivity index (χ0n) is 12.8. The Bertz CT molecular complexity index is 556. The standard InChI is InChI=1S/C13H24N4O2S2/c1-10(2)14-8-12-5-4-6-17(9-12)21(18,19)16-13-15-7-11(3)20-13/h7,10,12,14H,4-6,8-9H2,1-3H3,(H,15,16). The van der Waals surface area contributed by atoms with E-state index in [1.54, 1.807) is 10.5 Å². The Kier molecular flexibility index (Phi) is 5.59. The second-order valence-corrected chi connectivity index (χ2v) is 8.72. The number of hydrogen-bond donors (Lipinski definition) is 2. The van der Waals surface area contributed by atoms with Gasteiger partial charge in [-0.15, -0.1) is 11.3 Å². The van der Waals surface area contributed by atoms with Gasteiger partial charge in [-0.1, -0.05) is 13.8 Å². The van der Waals surface area contributed by atoms with Crippen LogP contribution in [0.2, 0.25) is 0 Å². The molecule has 0 radical (unpaired) electrons. The third kappa shape index (κ3) is 4.91. The van der Waals surface area contributed by atoms with Crippen LogP contribution in [-0.2, 0) is 10.2 Å². The summed E-state index contributed by atoms with van der Waals surface area (Å²) in [5, 5.41) is 3.83.